The number of ether oxygens (including phenoxy) is 1. The molecule has 26 heavy (non-hydrogen) atoms. The maximum atomic E-state index is 12.4. The number of amides is 2. The standard InChI is InChI=1S/C18H17F2N3O2S/c1-23(11-16-22-13-7-3-5-9-15(13)26-16)18(24)21-10-12-6-2-4-8-14(12)25-17(19)20/h2-9,17H,10-11H2,1H3,(H,21,24). The van der Waals surface area contributed by atoms with E-state index in [1.165, 1.54) is 22.3 Å². The summed E-state index contributed by atoms with van der Waals surface area (Å²) >= 11 is 1.53. The summed E-state index contributed by atoms with van der Waals surface area (Å²) in [4.78, 5) is 18.3. The zero-order valence-electron chi connectivity index (χ0n) is 14.0. The number of nitrogens with zero attached hydrogens (tertiary/aromatic N) is 2. The molecule has 0 saturated carbocycles. The van der Waals surface area contributed by atoms with Crippen molar-refractivity contribution in [3.8, 4) is 5.75 Å². The second kappa shape index (κ2) is 8.09. The number of para-hydroxylation sites is 2. The van der Waals surface area contributed by atoms with Gasteiger partial charge in [0.05, 0.1) is 16.8 Å². The lowest BCUT2D eigenvalue weighted by Crippen LogP contribution is -2.36. The van der Waals surface area contributed by atoms with Crippen LogP contribution >= 0.6 is 11.3 Å². The molecule has 0 unspecified atom stereocenters. The first-order valence-corrected chi connectivity index (χ1v) is 8.70. The first kappa shape index (κ1) is 18.1. The molecule has 0 spiro atoms. The van der Waals surface area contributed by atoms with Crippen molar-refractivity contribution in [2.75, 3.05) is 7.05 Å². The maximum Gasteiger partial charge on any atom is 0.387 e. The molecule has 1 aromatic heterocycles. The van der Waals surface area contributed by atoms with Gasteiger partial charge in [0.2, 0.25) is 0 Å². The van der Waals surface area contributed by atoms with Gasteiger partial charge in [0.25, 0.3) is 0 Å². The van der Waals surface area contributed by atoms with E-state index in [0.29, 0.717) is 12.1 Å². The average Bonchev–Trinajstić information content (AvgIpc) is 3.02. The molecule has 0 aliphatic carbocycles. The van der Waals surface area contributed by atoms with Gasteiger partial charge in [-0.3, -0.25) is 0 Å². The normalized spacial score (nSPS) is 10.9. The molecule has 0 bridgehead atoms. The van der Waals surface area contributed by atoms with Crippen LogP contribution in [0.3, 0.4) is 0 Å². The molecule has 5 nitrogen and oxygen atoms in total. The van der Waals surface area contributed by atoms with E-state index in [1.807, 2.05) is 24.3 Å². The number of hydrogen-bond donors (Lipinski definition) is 1. The number of alkyl halides is 2. The summed E-state index contributed by atoms with van der Waals surface area (Å²) in [7, 11) is 1.66. The molecule has 0 aliphatic heterocycles. The summed E-state index contributed by atoms with van der Waals surface area (Å²) in [5, 5.41) is 3.53. The van der Waals surface area contributed by atoms with Gasteiger partial charge < -0.3 is 15.0 Å². The molecule has 1 heterocycles. The van der Waals surface area contributed by atoms with E-state index in [2.05, 4.69) is 15.0 Å². The van der Waals surface area contributed by atoms with Crippen LogP contribution in [0.25, 0.3) is 10.2 Å². The zero-order chi connectivity index (χ0) is 18.5. The second-order valence-corrected chi connectivity index (χ2v) is 6.69. The lowest BCUT2D eigenvalue weighted by atomic mass is 10.2. The van der Waals surface area contributed by atoms with Crippen LogP contribution in [0.1, 0.15) is 10.6 Å². The minimum absolute atomic E-state index is 0.0524. The number of thiazole rings is 1. The fourth-order valence-corrected chi connectivity index (χ4v) is 3.45. The highest BCUT2D eigenvalue weighted by molar-refractivity contribution is 7.18. The summed E-state index contributed by atoms with van der Waals surface area (Å²) in [5.74, 6) is 0.0524. The fraction of sp³-hybridized carbons (Fsp3) is 0.222. The Balaban J connectivity index is 1.59. The highest BCUT2D eigenvalue weighted by atomic mass is 32.1. The lowest BCUT2D eigenvalue weighted by molar-refractivity contribution is -0.0504. The molecule has 3 aromatic rings. The molecule has 2 aromatic carbocycles. The number of aromatic nitrogens is 1. The predicted octanol–water partition coefficient (Wildman–Crippen LogP) is 4.24. The first-order valence-electron chi connectivity index (χ1n) is 7.89. The third kappa shape index (κ3) is 4.45. The van der Waals surface area contributed by atoms with E-state index in [1.54, 1.807) is 25.2 Å². The molecular weight excluding hydrogens is 360 g/mol. The van der Waals surface area contributed by atoms with E-state index >= 15 is 0 Å². The van der Waals surface area contributed by atoms with E-state index < -0.39 is 6.61 Å². The molecule has 2 amide bonds. The minimum atomic E-state index is -2.91. The van der Waals surface area contributed by atoms with Gasteiger partial charge in [0.15, 0.2) is 0 Å². The topological polar surface area (TPSA) is 54.5 Å². The molecule has 0 atom stereocenters. The van der Waals surface area contributed by atoms with E-state index in [0.717, 1.165) is 15.2 Å². The first-order chi connectivity index (χ1) is 12.5. The van der Waals surface area contributed by atoms with Gasteiger partial charge in [-0.05, 0) is 18.2 Å². The van der Waals surface area contributed by atoms with Crippen molar-refractivity contribution in [3.63, 3.8) is 0 Å². The lowest BCUT2D eigenvalue weighted by Gasteiger charge is -2.17. The Morgan fingerprint density at radius 1 is 1.23 bits per heavy atom. The largest absolute Gasteiger partial charge is 0.434 e. The van der Waals surface area contributed by atoms with Crippen LogP contribution in [-0.4, -0.2) is 29.6 Å². The Hall–Kier alpha value is -2.74. The average molecular weight is 377 g/mol. The Morgan fingerprint density at radius 3 is 2.73 bits per heavy atom. The number of fused-ring (bicyclic) bond motifs is 1. The van der Waals surface area contributed by atoms with Crippen LogP contribution in [0.2, 0.25) is 0 Å². The van der Waals surface area contributed by atoms with Gasteiger partial charge in [-0.1, -0.05) is 30.3 Å². The maximum absolute atomic E-state index is 12.4. The van der Waals surface area contributed by atoms with Crippen molar-refractivity contribution in [1.29, 1.82) is 0 Å². The number of nitrogens with one attached hydrogen (secondary N) is 1. The van der Waals surface area contributed by atoms with Gasteiger partial charge in [0.1, 0.15) is 10.8 Å². The molecule has 1 N–H and O–H groups in total. The van der Waals surface area contributed by atoms with E-state index in [9.17, 15) is 13.6 Å². The van der Waals surface area contributed by atoms with Gasteiger partial charge >= 0.3 is 12.6 Å². The Bertz CT molecular complexity index is 868. The van der Waals surface area contributed by atoms with Crippen LogP contribution in [0.4, 0.5) is 13.6 Å². The van der Waals surface area contributed by atoms with Gasteiger partial charge in [0, 0.05) is 19.2 Å². The van der Waals surface area contributed by atoms with Crippen molar-refractivity contribution in [1.82, 2.24) is 15.2 Å². The van der Waals surface area contributed by atoms with Crippen LogP contribution in [0.5, 0.6) is 5.75 Å². The Morgan fingerprint density at radius 2 is 1.96 bits per heavy atom. The Kier molecular flexibility index (Phi) is 5.62. The molecule has 0 saturated heterocycles. The summed E-state index contributed by atoms with van der Waals surface area (Å²) < 4.78 is 30.4. The van der Waals surface area contributed by atoms with Crippen molar-refractivity contribution in [2.24, 2.45) is 0 Å². The van der Waals surface area contributed by atoms with Gasteiger partial charge in [-0.2, -0.15) is 8.78 Å². The monoisotopic (exact) mass is 377 g/mol. The zero-order valence-corrected chi connectivity index (χ0v) is 14.8. The number of carbonyl (C=O) groups excluding carboxylic acids is 1. The van der Waals surface area contributed by atoms with Crippen LogP contribution in [0, 0.1) is 0 Å². The van der Waals surface area contributed by atoms with Gasteiger partial charge in [-0.25, -0.2) is 9.78 Å². The summed E-state index contributed by atoms with van der Waals surface area (Å²) in [5.41, 5.74) is 1.38. The van der Waals surface area contributed by atoms with Crippen LogP contribution in [0.15, 0.2) is 48.5 Å². The highest BCUT2D eigenvalue weighted by Crippen LogP contribution is 2.23. The molecule has 3 rings (SSSR count). The van der Waals surface area contributed by atoms with Crippen LogP contribution in [-0.2, 0) is 13.1 Å². The summed E-state index contributed by atoms with van der Waals surface area (Å²) in [6.45, 7) is -2.46. The number of benzene rings is 2. The number of urea groups is 1. The van der Waals surface area contributed by atoms with Crippen molar-refractivity contribution in [3.05, 3.63) is 59.1 Å². The second-order valence-electron chi connectivity index (χ2n) is 5.58. The Labute approximate surface area is 153 Å². The number of hydrogen-bond acceptors (Lipinski definition) is 4. The smallest absolute Gasteiger partial charge is 0.387 e. The predicted molar refractivity (Wildman–Crippen MR) is 96.4 cm³/mol. The molecule has 0 radical (unpaired) electrons. The molecular formula is C18H17F2N3O2S. The van der Waals surface area contributed by atoms with Crippen molar-refractivity contribution >= 4 is 27.6 Å². The van der Waals surface area contributed by atoms with E-state index in [4.69, 9.17) is 0 Å². The molecule has 0 aliphatic rings. The number of halogens is 2. The van der Waals surface area contributed by atoms with Crippen molar-refractivity contribution < 1.29 is 18.3 Å². The van der Waals surface area contributed by atoms with Crippen molar-refractivity contribution in [2.45, 2.75) is 19.7 Å². The fourth-order valence-electron chi connectivity index (χ4n) is 2.43. The summed E-state index contributed by atoms with van der Waals surface area (Å²) in [6.07, 6.45) is 0. The number of carbonyl (C=O) groups is 1. The van der Waals surface area contributed by atoms with Gasteiger partial charge in [-0.15, -0.1) is 11.3 Å². The highest BCUT2D eigenvalue weighted by Gasteiger charge is 2.14. The number of rotatable bonds is 6. The quantitative estimate of drug-likeness (QED) is 0.699. The molecule has 136 valence electrons. The summed E-state index contributed by atoms with van der Waals surface area (Å²) in [6, 6.07) is 13.8. The third-order valence-corrected chi connectivity index (χ3v) is 4.70. The third-order valence-electron chi connectivity index (χ3n) is 3.68. The van der Waals surface area contributed by atoms with Crippen LogP contribution < -0.4 is 10.1 Å². The SMILES string of the molecule is CN(Cc1nc2ccccc2s1)C(=O)NCc1ccccc1OC(F)F. The minimum Gasteiger partial charge on any atom is -0.434 e. The molecule has 8 heteroatoms. The van der Waals surface area contributed by atoms with E-state index in [-0.39, 0.29) is 18.3 Å². The molecule has 0 fully saturated rings.